The quantitative estimate of drug-likeness (QED) is 0.0535. The van der Waals surface area contributed by atoms with Crippen LogP contribution in [0.25, 0.3) is 0 Å². The van der Waals surface area contributed by atoms with E-state index < -0.39 is 0 Å². The highest BCUT2D eigenvalue weighted by Crippen LogP contribution is 2.02. The summed E-state index contributed by atoms with van der Waals surface area (Å²) in [6.45, 7) is 15.0. The van der Waals surface area contributed by atoms with Gasteiger partial charge in [-0.2, -0.15) is 0 Å². The van der Waals surface area contributed by atoms with Crippen molar-refractivity contribution in [1.29, 1.82) is 0 Å². The average molecular weight is 711 g/mol. The maximum Gasteiger partial charge on any atom is 0.0701 e. The highest BCUT2D eigenvalue weighted by atomic mass is 127. The number of alkyl halides is 1. The van der Waals surface area contributed by atoms with Crippen molar-refractivity contribution < 1.29 is 52.1 Å². The van der Waals surface area contributed by atoms with Gasteiger partial charge in [-0.25, -0.2) is 0 Å². The molecule has 0 saturated heterocycles. The maximum atomic E-state index is 5.56. The zero-order valence-electron chi connectivity index (χ0n) is 25.7. The molecule has 0 N–H and O–H groups in total. The van der Waals surface area contributed by atoms with E-state index in [0.717, 1.165) is 24.1 Å². The standard InChI is InChI=1S/C29H59IO11/c1-2-3-4-5-6-8-31-10-12-33-14-16-35-18-20-37-22-24-39-26-28-41-29-27-40-25-23-38-21-19-36-17-15-34-13-11-32-9-7-30/h2-29H2,1H3. The first kappa shape index (κ1) is 41.3. The van der Waals surface area contributed by atoms with E-state index in [1.165, 1.54) is 25.7 Å². The summed E-state index contributed by atoms with van der Waals surface area (Å²) in [5.74, 6) is 0. The van der Waals surface area contributed by atoms with Crippen LogP contribution in [-0.4, -0.2) is 150 Å². The van der Waals surface area contributed by atoms with Gasteiger partial charge in [0.15, 0.2) is 0 Å². The molecular formula is C29H59IO11. The Morgan fingerprint density at radius 3 is 0.732 bits per heavy atom. The molecule has 0 amide bonds. The van der Waals surface area contributed by atoms with Crippen molar-refractivity contribution >= 4 is 22.6 Å². The second kappa shape index (κ2) is 40.3. The van der Waals surface area contributed by atoms with Crippen molar-refractivity contribution in [1.82, 2.24) is 0 Å². The highest BCUT2D eigenvalue weighted by molar-refractivity contribution is 14.1. The molecule has 0 bridgehead atoms. The van der Waals surface area contributed by atoms with Crippen LogP contribution in [0.2, 0.25) is 0 Å². The van der Waals surface area contributed by atoms with Crippen LogP contribution < -0.4 is 0 Å². The van der Waals surface area contributed by atoms with Gasteiger partial charge in [0, 0.05) is 11.0 Å². The molecule has 0 aliphatic heterocycles. The van der Waals surface area contributed by atoms with Crippen molar-refractivity contribution in [2.45, 2.75) is 39.0 Å². The van der Waals surface area contributed by atoms with E-state index >= 15 is 0 Å². The first-order valence-electron chi connectivity index (χ1n) is 15.3. The number of hydrogen-bond donors (Lipinski definition) is 0. The molecule has 41 heavy (non-hydrogen) atoms. The fraction of sp³-hybridized carbons (Fsp3) is 1.00. The third-order valence-corrected chi connectivity index (χ3v) is 5.77. The summed E-state index contributed by atoms with van der Waals surface area (Å²) in [7, 11) is 0. The number of hydrogen-bond acceptors (Lipinski definition) is 11. The van der Waals surface area contributed by atoms with Crippen molar-refractivity contribution in [2.75, 3.05) is 150 Å². The molecule has 0 radical (unpaired) electrons. The molecule has 0 aromatic rings. The van der Waals surface area contributed by atoms with Crippen LogP contribution in [0.5, 0.6) is 0 Å². The molecule has 0 unspecified atom stereocenters. The van der Waals surface area contributed by atoms with E-state index in [2.05, 4.69) is 29.5 Å². The number of unbranched alkanes of at least 4 members (excludes halogenated alkanes) is 4. The zero-order valence-corrected chi connectivity index (χ0v) is 27.8. The fourth-order valence-corrected chi connectivity index (χ4v) is 3.47. The van der Waals surface area contributed by atoms with E-state index in [9.17, 15) is 0 Å². The SMILES string of the molecule is CCCCCCCOCCOCCOCCOCCOCCOCCOCCOCCOCCOCCOCCI. The summed E-state index contributed by atoms with van der Waals surface area (Å²) in [5.41, 5.74) is 0. The summed E-state index contributed by atoms with van der Waals surface area (Å²) in [6.07, 6.45) is 6.29. The average Bonchev–Trinajstić information content (AvgIpc) is 2.98. The Balaban J connectivity index is 3.02. The molecule has 0 aliphatic rings. The molecule has 0 aromatic heterocycles. The first-order valence-corrected chi connectivity index (χ1v) is 16.9. The van der Waals surface area contributed by atoms with Crippen LogP contribution in [0.15, 0.2) is 0 Å². The minimum Gasteiger partial charge on any atom is -0.379 e. The van der Waals surface area contributed by atoms with Gasteiger partial charge < -0.3 is 52.1 Å². The van der Waals surface area contributed by atoms with E-state index in [1.54, 1.807) is 0 Å². The van der Waals surface area contributed by atoms with Crippen LogP contribution in [0.1, 0.15) is 39.0 Å². The van der Waals surface area contributed by atoms with Crippen molar-refractivity contribution in [3.05, 3.63) is 0 Å². The lowest BCUT2D eigenvalue weighted by Crippen LogP contribution is -2.15. The highest BCUT2D eigenvalue weighted by Gasteiger charge is 1.96. The van der Waals surface area contributed by atoms with Crippen LogP contribution in [-0.2, 0) is 52.1 Å². The Labute approximate surface area is 262 Å². The first-order chi connectivity index (χ1) is 20.4. The van der Waals surface area contributed by atoms with Gasteiger partial charge in [-0.3, -0.25) is 0 Å². The van der Waals surface area contributed by atoms with Gasteiger partial charge in [-0.1, -0.05) is 55.2 Å². The van der Waals surface area contributed by atoms with Crippen LogP contribution in [0, 0.1) is 0 Å². The number of rotatable bonds is 38. The van der Waals surface area contributed by atoms with Crippen molar-refractivity contribution in [3.63, 3.8) is 0 Å². The van der Waals surface area contributed by atoms with Gasteiger partial charge in [0.25, 0.3) is 0 Å². The normalized spacial score (nSPS) is 11.6. The smallest absolute Gasteiger partial charge is 0.0701 e. The molecule has 0 saturated carbocycles. The molecule has 0 spiro atoms. The van der Waals surface area contributed by atoms with Gasteiger partial charge >= 0.3 is 0 Å². The van der Waals surface area contributed by atoms with Gasteiger partial charge in [0.2, 0.25) is 0 Å². The molecule has 0 fully saturated rings. The number of ether oxygens (including phenoxy) is 11. The lowest BCUT2D eigenvalue weighted by molar-refractivity contribution is -0.0273. The predicted octanol–water partition coefficient (Wildman–Crippen LogP) is 3.57. The zero-order chi connectivity index (χ0) is 29.6. The maximum absolute atomic E-state index is 5.56. The van der Waals surface area contributed by atoms with E-state index in [4.69, 9.17) is 52.1 Å². The molecule has 11 nitrogen and oxygen atoms in total. The van der Waals surface area contributed by atoms with E-state index in [0.29, 0.717) is 132 Å². The Kier molecular flexibility index (Phi) is 40.6. The van der Waals surface area contributed by atoms with E-state index in [-0.39, 0.29) is 0 Å². The topological polar surface area (TPSA) is 102 Å². The van der Waals surface area contributed by atoms with E-state index in [1.807, 2.05) is 0 Å². The number of halogens is 1. The van der Waals surface area contributed by atoms with Gasteiger partial charge in [0.05, 0.1) is 139 Å². The van der Waals surface area contributed by atoms with Crippen LogP contribution >= 0.6 is 22.6 Å². The Hall–Kier alpha value is 0.290. The minimum atomic E-state index is 0.527. The van der Waals surface area contributed by atoms with Crippen molar-refractivity contribution in [3.8, 4) is 0 Å². The molecule has 0 heterocycles. The summed E-state index contributed by atoms with van der Waals surface area (Å²) in [6, 6.07) is 0. The summed E-state index contributed by atoms with van der Waals surface area (Å²) >= 11 is 2.28. The van der Waals surface area contributed by atoms with Crippen molar-refractivity contribution in [2.24, 2.45) is 0 Å². The Bertz CT molecular complexity index is 415. The molecule has 0 aromatic carbocycles. The van der Waals surface area contributed by atoms with Gasteiger partial charge in [0.1, 0.15) is 0 Å². The molecule has 0 rings (SSSR count). The molecule has 0 aliphatic carbocycles. The van der Waals surface area contributed by atoms with Gasteiger partial charge in [-0.05, 0) is 6.42 Å². The molecule has 248 valence electrons. The second-order valence-electron chi connectivity index (χ2n) is 8.84. The lowest BCUT2D eigenvalue weighted by atomic mass is 10.2. The molecule has 0 atom stereocenters. The van der Waals surface area contributed by atoms with Gasteiger partial charge in [-0.15, -0.1) is 0 Å². The van der Waals surface area contributed by atoms with Crippen LogP contribution in [0.4, 0.5) is 0 Å². The Morgan fingerprint density at radius 2 is 0.488 bits per heavy atom. The lowest BCUT2D eigenvalue weighted by Gasteiger charge is -2.09. The van der Waals surface area contributed by atoms with Crippen LogP contribution in [0.3, 0.4) is 0 Å². The molecule has 12 heteroatoms. The predicted molar refractivity (Wildman–Crippen MR) is 167 cm³/mol. The third kappa shape index (κ3) is 40.3. The largest absolute Gasteiger partial charge is 0.379 e. The molecular weight excluding hydrogens is 651 g/mol. The minimum absolute atomic E-state index is 0.527. The second-order valence-corrected chi connectivity index (χ2v) is 9.92. The Morgan fingerprint density at radius 1 is 0.268 bits per heavy atom. The summed E-state index contributed by atoms with van der Waals surface area (Å²) in [4.78, 5) is 0. The summed E-state index contributed by atoms with van der Waals surface area (Å²) < 4.78 is 61.1. The monoisotopic (exact) mass is 710 g/mol. The summed E-state index contributed by atoms with van der Waals surface area (Å²) in [5, 5.41) is 0. The third-order valence-electron chi connectivity index (χ3n) is 5.33. The fourth-order valence-electron chi connectivity index (χ4n) is 3.16.